The predicted molar refractivity (Wildman–Crippen MR) is 168 cm³/mol. The van der Waals surface area contributed by atoms with Crippen molar-refractivity contribution < 1.29 is 29.4 Å². The zero-order chi connectivity index (χ0) is 31.5. The Hall–Kier alpha value is -4.03. The number of hydrogen-bond donors (Lipinski definition) is 7. The lowest BCUT2D eigenvalue weighted by atomic mass is 9.96. The molecule has 1 heterocycles. The summed E-state index contributed by atoms with van der Waals surface area (Å²) in [5.41, 5.74) is 8.49. The number of fused-ring (bicyclic) bond motifs is 1. The number of benzene rings is 2. The SMILES string of the molecule is CCC(C)C(NC(=O)C(N)Cc1ccc(O)cc1)C(=O)NC(CCSC)C(=O)NC(Cc1c[nH]c2ccccc12)C(=O)O. The maximum absolute atomic E-state index is 13.5. The molecule has 0 aliphatic rings. The normalized spacial score (nSPS) is 14.7. The third-order valence-corrected chi connectivity index (χ3v) is 8.12. The Morgan fingerprint density at radius 1 is 0.930 bits per heavy atom. The molecule has 0 fully saturated rings. The van der Waals surface area contributed by atoms with E-state index >= 15 is 0 Å². The summed E-state index contributed by atoms with van der Waals surface area (Å²) in [6, 6.07) is 9.69. The third kappa shape index (κ3) is 9.48. The fourth-order valence-corrected chi connectivity index (χ4v) is 5.17. The van der Waals surface area contributed by atoms with Crippen LogP contribution in [0.5, 0.6) is 5.75 Å². The zero-order valence-corrected chi connectivity index (χ0v) is 25.4. The van der Waals surface area contributed by atoms with E-state index in [2.05, 4.69) is 20.9 Å². The molecule has 43 heavy (non-hydrogen) atoms. The van der Waals surface area contributed by atoms with E-state index in [-0.39, 0.29) is 30.9 Å². The average Bonchev–Trinajstić information content (AvgIpc) is 3.40. The van der Waals surface area contributed by atoms with Crippen molar-refractivity contribution in [1.82, 2.24) is 20.9 Å². The molecule has 2 aromatic carbocycles. The summed E-state index contributed by atoms with van der Waals surface area (Å²) in [7, 11) is 0. The van der Waals surface area contributed by atoms with Crippen molar-refractivity contribution in [2.45, 2.75) is 63.7 Å². The first kappa shape index (κ1) is 33.5. The van der Waals surface area contributed by atoms with Crippen LogP contribution in [0.25, 0.3) is 10.9 Å². The van der Waals surface area contributed by atoms with Crippen LogP contribution < -0.4 is 21.7 Å². The van der Waals surface area contributed by atoms with Gasteiger partial charge in [-0.25, -0.2) is 4.79 Å². The lowest BCUT2D eigenvalue weighted by Gasteiger charge is -2.28. The molecule has 3 rings (SSSR count). The first-order chi connectivity index (χ1) is 20.5. The summed E-state index contributed by atoms with van der Waals surface area (Å²) < 4.78 is 0. The van der Waals surface area contributed by atoms with Gasteiger partial charge >= 0.3 is 5.97 Å². The molecule has 0 aliphatic carbocycles. The number of aromatic hydroxyl groups is 1. The lowest BCUT2D eigenvalue weighted by molar-refractivity contribution is -0.142. The van der Waals surface area contributed by atoms with Crippen LogP contribution in [0, 0.1) is 5.92 Å². The van der Waals surface area contributed by atoms with E-state index in [1.54, 1.807) is 18.3 Å². The number of carbonyl (C=O) groups excluding carboxylic acids is 3. The lowest BCUT2D eigenvalue weighted by Crippen LogP contribution is -2.59. The molecule has 12 heteroatoms. The maximum atomic E-state index is 13.5. The van der Waals surface area contributed by atoms with Crippen LogP contribution in [0.2, 0.25) is 0 Å². The summed E-state index contributed by atoms with van der Waals surface area (Å²) in [5, 5.41) is 28.4. The topological polar surface area (TPSA) is 187 Å². The van der Waals surface area contributed by atoms with Gasteiger partial charge in [0, 0.05) is 23.5 Å². The monoisotopic (exact) mass is 611 g/mol. The highest BCUT2D eigenvalue weighted by atomic mass is 32.2. The van der Waals surface area contributed by atoms with Gasteiger partial charge in [-0.2, -0.15) is 11.8 Å². The highest BCUT2D eigenvalue weighted by Gasteiger charge is 2.32. The van der Waals surface area contributed by atoms with Crippen molar-refractivity contribution in [3.63, 3.8) is 0 Å². The maximum Gasteiger partial charge on any atom is 0.326 e. The van der Waals surface area contributed by atoms with Gasteiger partial charge in [0.05, 0.1) is 6.04 Å². The number of aromatic nitrogens is 1. The second-order valence-corrected chi connectivity index (χ2v) is 11.6. The van der Waals surface area contributed by atoms with Gasteiger partial charge < -0.3 is 36.9 Å². The van der Waals surface area contributed by atoms with E-state index in [1.807, 2.05) is 44.4 Å². The predicted octanol–water partition coefficient (Wildman–Crippen LogP) is 2.32. The molecule has 0 radical (unpaired) electrons. The smallest absolute Gasteiger partial charge is 0.326 e. The Balaban J connectivity index is 1.71. The number of rotatable bonds is 16. The van der Waals surface area contributed by atoms with E-state index in [1.165, 1.54) is 23.9 Å². The van der Waals surface area contributed by atoms with Crippen molar-refractivity contribution >= 4 is 46.4 Å². The van der Waals surface area contributed by atoms with Gasteiger partial charge in [0.1, 0.15) is 23.9 Å². The van der Waals surface area contributed by atoms with Crippen molar-refractivity contribution in [2.24, 2.45) is 11.7 Å². The number of nitrogens with one attached hydrogen (secondary N) is 4. The van der Waals surface area contributed by atoms with Gasteiger partial charge in [0.25, 0.3) is 0 Å². The number of nitrogens with two attached hydrogens (primary N) is 1. The van der Waals surface area contributed by atoms with Crippen LogP contribution in [-0.2, 0) is 32.0 Å². The van der Waals surface area contributed by atoms with E-state index in [9.17, 15) is 29.4 Å². The minimum atomic E-state index is -1.22. The van der Waals surface area contributed by atoms with Crippen LogP contribution in [0.3, 0.4) is 0 Å². The molecule has 5 atom stereocenters. The molecule has 0 aliphatic heterocycles. The van der Waals surface area contributed by atoms with Gasteiger partial charge in [-0.3, -0.25) is 14.4 Å². The number of H-pyrrole nitrogens is 1. The average molecular weight is 612 g/mol. The molecule has 0 saturated carbocycles. The van der Waals surface area contributed by atoms with E-state index in [0.717, 1.165) is 22.0 Å². The number of thioether (sulfide) groups is 1. The van der Waals surface area contributed by atoms with Gasteiger partial charge in [-0.1, -0.05) is 50.6 Å². The van der Waals surface area contributed by atoms with Gasteiger partial charge in [0.2, 0.25) is 17.7 Å². The zero-order valence-electron chi connectivity index (χ0n) is 24.6. The first-order valence-electron chi connectivity index (χ1n) is 14.2. The number of para-hydroxylation sites is 1. The number of carboxylic acid groups (broad SMARTS) is 1. The van der Waals surface area contributed by atoms with E-state index in [0.29, 0.717) is 12.2 Å². The van der Waals surface area contributed by atoms with E-state index in [4.69, 9.17) is 5.73 Å². The molecule has 0 spiro atoms. The quantitative estimate of drug-likeness (QED) is 0.129. The van der Waals surface area contributed by atoms with Crippen LogP contribution in [0.1, 0.15) is 37.8 Å². The molecule has 11 nitrogen and oxygen atoms in total. The fourth-order valence-electron chi connectivity index (χ4n) is 4.70. The van der Waals surface area contributed by atoms with Crippen molar-refractivity contribution in [1.29, 1.82) is 0 Å². The first-order valence-corrected chi connectivity index (χ1v) is 15.6. The number of carbonyl (C=O) groups is 4. The van der Waals surface area contributed by atoms with Crippen molar-refractivity contribution in [2.75, 3.05) is 12.0 Å². The Morgan fingerprint density at radius 3 is 2.26 bits per heavy atom. The van der Waals surface area contributed by atoms with Gasteiger partial charge in [-0.15, -0.1) is 0 Å². The molecule has 0 bridgehead atoms. The second kappa shape index (κ2) is 16.0. The Bertz CT molecular complexity index is 1390. The molecule has 8 N–H and O–H groups in total. The molecule has 0 saturated heterocycles. The second-order valence-electron chi connectivity index (χ2n) is 10.7. The number of carboxylic acids is 1. The number of phenols is 1. The summed E-state index contributed by atoms with van der Waals surface area (Å²) >= 11 is 1.49. The highest BCUT2D eigenvalue weighted by Crippen LogP contribution is 2.19. The van der Waals surface area contributed by atoms with Crippen molar-refractivity contribution in [3.8, 4) is 5.75 Å². The van der Waals surface area contributed by atoms with Crippen LogP contribution in [0.15, 0.2) is 54.7 Å². The summed E-state index contributed by atoms with van der Waals surface area (Å²) in [4.78, 5) is 55.1. The molecule has 1 aromatic heterocycles. The van der Waals surface area contributed by atoms with Crippen LogP contribution in [-0.4, -0.2) is 75.1 Å². The number of aromatic amines is 1. The summed E-state index contributed by atoms with van der Waals surface area (Å²) in [6.07, 6.45) is 4.68. The number of hydrogen-bond acceptors (Lipinski definition) is 7. The minimum absolute atomic E-state index is 0.0543. The Morgan fingerprint density at radius 2 is 1.60 bits per heavy atom. The van der Waals surface area contributed by atoms with Gasteiger partial charge in [0.15, 0.2) is 0 Å². The van der Waals surface area contributed by atoms with Crippen LogP contribution >= 0.6 is 11.8 Å². The summed E-state index contributed by atoms with van der Waals surface area (Å²) in [5.74, 6) is -2.52. The molecule has 232 valence electrons. The largest absolute Gasteiger partial charge is 0.508 e. The minimum Gasteiger partial charge on any atom is -0.508 e. The summed E-state index contributed by atoms with van der Waals surface area (Å²) in [6.45, 7) is 3.70. The number of aliphatic carboxylic acids is 1. The molecular weight excluding hydrogens is 570 g/mol. The molecule has 5 unspecified atom stereocenters. The Labute approximate surface area is 255 Å². The number of amides is 3. The third-order valence-electron chi connectivity index (χ3n) is 7.48. The van der Waals surface area contributed by atoms with Crippen molar-refractivity contribution in [3.05, 3.63) is 65.9 Å². The fraction of sp³-hybridized carbons (Fsp3) is 0.419. The highest BCUT2D eigenvalue weighted by molar-refractivity contribution is 7.98. The Kier molecular flexibility index (Phi) is 12.4. The molecular formula is C31H41N5O6S. The molecule has 3 aromatic rings. The molecule has 3 amide bonds. The standard InChI is InChI=1S/C31H41N5O6S/c1-4-18(2)27(36-28(38)23(32)15-19-9-11-21(37)12-10-19)30(40)34-25(13-14-43-3)29(39)35-26(31(41)42)16-20-17-33-24-8-6-5-7-22(20)24/h5-12,17-18,23,25-27,33,37H,4,13-16,32H2,1-3H3,(H,34,40)(H,35,39)(H,36,38)(H,41,42). The number of phenolic OH excluding ortho intramolecular Hbond substituents is 1. The van der Waals surface area contributed by atoms with Crippen LogP contribution in [0.4, 0.5) is 0 Å². The van der Waals surface area contributed by atoms with Gasteiger partial charge in [-0.05, 0) is 60.1 Å². The van der Waals surface area contributed by atoms with E-state index < -0.39 is 47.9 Å².